The first-order valence-corrected chi connectivity index (χ1v) is 5.56. The number of alkyl halides is 3. The lowest BCUT2D eigenvalue weighted by Gasteiger charge is -2.28. The van der Waals surface area contributed by atoms with Gasteiger partial charge in [0, 0.05) is 6.04 Å². The van der Waals surface area contributed by atoms with Crippen LogP contribution in [0.5, 0.6) is 0 Å². The Bertz CT molecular complexity index is 380. The predicted molar refractivity (Wildman–Crippen MR) is 62.7 cm³/mol. The molecule has 96 valence electrons. The van der Waals surface area contributed by atoms with Crippen molar-refractivity contribution in [2.75, 3.05) is 0 Å². The fourth-order valence-electron chi connectivity index (χ4n) is 2.04. The van der Waals surface area contributed by atoms with Gasteiger partial charge in [0.05, 0.1) is 5.56 Å². The first-order chi connectivity index (χ1) is 7.63. The number of benzene rings is 1. The summed E-state index contributed by atoms with van der Waals surface area (Å²) < 4.78 is 37.8. The van der Waals surface area contributed by atoms with Gasteiger partial charge in [0.1, 0.15) is 0 Å². The quantitative estimate of drug-likeness (QED) is 0.863. The monoisotopic (exact) mass is 245 g/mol. The van der Waals surface area contributed by atoms with Crippen LogP contribution in [-0.4, -0.2) is 6.04 Å². The zero-order chi connectivity index (χ0) is 13.3. The molecule has 0 bridgehead atoms. The van der Waals surface area contributed by atoms with E-state index in [1.807, 2.05) is 20.8 Å². The van der Waals surface area contributed by atoms with Crippen molar-refractivity contribution in [3.63, 3.8) is 0 Å². The van der Waals surface area contributed by atoms with E-state index in [1.54, 1.807) is 6.07 Å². The Hall–Kier alpha value is -1.03. The molecule has 0 amide bonds. The molecule has 0 saturated carbocycles. The second-order valence-electron chi connectivity index (χ2n) is 5.14. The van der Waals surface area contributed by atoms with Gasteiger partial charge in [-0.3, -0.25) is 0 Å². The number of hydrogen-bond donors (Lipinski definition) is 1. The minimum absolute atomic E-state index is 0.0421. The van der Waals surface area contributed by atoms with Crippen LogP contribution < -0.4 is 5.73 Å². The lowest BCUT2D eigenvalue weighted by Crippen LogP contribution is -2.28. The molecular formula is C13H18F3N. The summed E-state index contributed by atoms with van der Waals surface area (Å²) in [5, 5.41) is 0. The van der Waals surface area contributed by atoms with Crippen LogP contribution in [0.4, 0.5) is 13.2 Å². The summed E-state index contributed by atoms with van der Waals surface area (Å²) in [4.78, 5) is 0. The number of rotatable bonds is 3. The van der Waals surface area contributed by atoms with Crippen LogP contribution in [0.1, 0.15) is 38.3 Å². The molecule has 17 heavy (non-hydrogen) atoms. The van der Waals surface area contributed by atoms with Gasteiger partial charge in [-0.05, 0) is 30.4 Å². The van der Waals surface area contributed by atoms with Crippen molar-refractivity contribution < 1.29 is 13.2 Å². The summed E-state index contributed by atoms with van der Waals surface area (Å²) in [7, 11) is 0. The van der Waals surface area contributed by atoms with Crippen molar-refractivity contribution in [3.8, 4) is 0 Å². The van der Waals surface area contributed by atoms with Gasteiger partial charge >= 0.3 is 6.18 Å². The van der Waals surface area contributed by atoms with Crippen LogP contribution in [-0.2, 0) is 11.6 Å². The Labute approximate surface area is 99.8 Å². The molecule has 1 unspecified atom stereocenters. The second kappa shape index (κ2) is 4.69. The molecule has 0 aromatic heterocycles. The summed E-state index contributed by atoms with van der Waals surface area (Å²) in [6.07, 6.45) is -3.64. The Morgan fingerprint density at radius 3 is 2.18 bits per heavy atom. The SMILES string of the molecule is CC(N)CC(C)(C)c1cccc(C(F)(F)F)c1. The molecule has 0 heterocycles. The molecule has 4 heteroatoms. The lowest BCUT2D eigenvalue weighted by molar-refractivity contribution is -0.137. The van der Waals surface area contributed by atoms with Gasteiger partial charge in [-0.25, -0.2) is 0 Å². The van der Waals surface area contributed by atoms with E-state index < -0.39 is 11.7 Å². The van der Waals surface area contributed by atoms with E-state index in [0.717, 1.165) is 6.07 Å². The third-order valence-corrected chi connectivity index (χ3v) is 2.80. The third-order valence-electron chi connectivity index (χ3n) is 2.80. The first kappa shape index (κ1) is 14.0. The Morgan fingerprint density at radius 2 is 1.71 bits per heavy atom. The van der Waals surface area contributed by atoms with Crippen LogP contribution in [0.2, 0.25) is 0 Å². The van der Waals surface area contributed by atoms with Crippen molar-refractivity contribution in [1.29, 1.82) is 0 Å². The van der Waals surface area contributed by atoms with Crippen molar-refractivity contribution in [2.45, 2.75) is 44.8 Å². The zero-order valence-electron chi connectivity index (χ0n) is 10.3. The lowest BCUT2D eigenvalue weighted by atomic mass is 9.79. The Morgan fingerprint density at radius 1 is 1.18 bits per heavy atom. The van der Waals surface area contributed by atoms with Crippen molar-refractivity contribution in [3.05, 3.63) is 35.4 Å². The maximum atomic E-state index is 12.6. The molecule has 0 aliphatic rings. The Kier molecular flexibility index (Phi) is 3.87. The highest BCUT2D eigenvalue weighted by Crippen LogP contribution is 2.34. The van der Waals surface area contributed by atoms with Crippen molar-refractivity contribution in [2.24, 2.45) is 5.73 Å². The fraction of sp³-hybridized carbons (Fsp3) is 0.538. The van der Waals surface area contributed by atoms with E-state index in [4.69, 9.17) is 5.73 Å². The minimum atomic E-state index is -4.29. The minimum Gasteiger partial charge on any atom is -0.328 e. The molecule has 2 N–H and O–H groups in total. The average molecular weight is 245 g/mol. The van der Waals surface area contributed by atoms with Gasteiger partial charge in [-0.1, -0.05) is 32.0 Å². The van der Waals surface area contributed by atoms with E-state index in [-0.39, 0.29) is 11.5 Å². The topological polar surface area (TPSA) is 26.0 Å². The summed E-state index contributed by atoms with van der Waals surface area (Å²) in [5.41, 5.74) is 5.43. The van der Waals surface area contributed by atoms with Crippen molar-refractivity contribution >= 4 is 0 Å². The van der Waals surface area contributed by atoms with E-state index >= 15 is 0 Å². The molecule has 0 saturated heterocycles. The summed E-state index contributed by atoms with van der Waals surface area (Å²) in [6.45, 7) is 5.67. The fourth-order valence-corrected chi connectivity index (χ4v) is 2.04. The number of hydrogen-bond acceptors (Lipinski definition) is 1. The van der Waals surface area contributed by atoms with E-state index in [1.165, 1.54) is 12.1 Å². The molecule has 1 aromatic carbocycles. The molecule has 1 aromatic rings. The maximum absolute atomic E-state index is 12.6. The maximum Gasteiger partial charge on any atom is 0.416 e. The van der Waals surface area contributed by atoms with Crippen LogP contribution in [0, 0.1) is 0 Å². The second-order valence-corrected chi connectivity index (χ2v) is 5.14. The van der Waals surface area contributed by atoms with Crippen LogP contribution in [0.25, 0.3) is 0 Å². The van der Waals surface area contributed by atoms with Crippen molar-refractivity contribution in [1.82, 2.24) is 0 Å². The molecule has 0 spiro atoms. The van der Waals surface area contributed by atoms with Gasteiger partial charge in [-0.2, -0.15) is 13.2 Å². The molecule has 1 nitrogen and oxygen atoms in total. The molecular weight excluding hydrogens is 227 g/mol. The van der Waals surface area contributed by atoms with Gasteiger partial charge < -0.3 is 5.73 Å². The summed E-state index contributed by atoms with van der Waals surface area (Å²) >= 11 is 0. The highest BCUT2D eigenvalue weighted by molar-refractivity contribution is 5.30. The largest absolute Gasteiger partial charge is 0.416 e. The standard InChI is InChI=1S/C13H18F3N/c1-9(17)8-12(2,3)10-5-4-6-11(7-10)13(14,15)16/h4-7,9H,8,17H2,1-3H3. The molecule has 0 fully saturated rings. The van der Waals surface area contributed by atoms with Gasteiger partial charge in [-0.15, -0.1) is 0 Å². The molecule has 1 rings (SSSR count). The summed E-state index contributed by atoms with van der Waals surface area (Å²) in [6, 6.07) is 5.42. The van der Waals surface area contributed by atoms with Gasteiger partial charge in [0.25, 0.3) is 0 Å². The first-order valence-electron chi connectivity index (χ1n) is 5.56. The molecule has 0 aliphatic heterocycles. The average Bonchev–Trinajstić information content (AvgIpc) is 2.14. The third kappa shape index (κ3) is 3.73. The van der Waals surface area contributed by atoms with E-state index in [0.29, 0.717) is 12.0 Å². The van der Waals surface area contributed by atoms with Gasteiger partial charge in [0.15, 0.2) is 0 Å². The zero-order valence-corrected chi connectivity index (χ0v) is 10.3. The molecule has 1 atom stereocenters. The van der Waals surface area contributed by atoms with Gasteiger partial charge in [0.2, 0.25) is 0 Å². The molecule has 0 radical (unpaired) electrons. The normalized spacial score (nSPS) is 14.8. The predicted octanol–water partition coefficient (Wildman–Crippen LogP) is 3.72. The molecule has 0 aliphatic carbocycles. The number of halogens is 3. The smallest absolute Gasteiger partial charge is 0.328 e. The highest BCUT2D eigenvalue weighted by atomic mass is 19.4. The Balaban J connectivity index is 3.07. The van der Waals surface area contributed by atoms with E-state index in [2.05, 4.69) is 0 Å². The highest BCUT2D eigenvalue weighted by Gasteiger charge is 2.32. The van der Waals surface area contributed by atoms with Crippen LogP contribution in [0.3, 0.4) is 0 Å². The van der Waals surface area contributed by atoms with Crippen LogP contribution >= 0.6 is 0 Å². The van der Waals surface area contributed by atoms with E-state index in [9.17, 15) is 13.2 Å². The van der Waals surface area contributed by atoms with Crippen LogP contribution in [0.15, 0.2) is 24.3 Å². The number of nitrogens with two attached hydrogens (primary N) is 1. The summed E-state index contributed by atoms with van der Waals surface area (Å²) in [5.74, 6) is 0.